The summed E-state index contributed by atoms with van der Waals surface area (Å²) in [5.41, 5.74) is 0.448. The average Bonchev–Trinajstić information content (AvgIpc) is 2.66. The second-order valence-electron chi connectivity index (χ2n) is 6.87. The van der Waals surface area contributed by atoms with Crippen molar-refractivity contribution >= 4 is 81.8 Å². The van der Waals surface area contributed by atoms with E-state index in [1.165, 1.54) is 38.5 Å². The van der Waals surface area contributed by atoms with Crippen molar-refractivity contribution in [1.82, 2.24) is 0 Å². The van der Waals surface area contributed by atoms with E-state index in [0.29, 0.717) is 12.0 Å². The van der Waals surface area contributed by atoms with Gasteiger partial charge in [0.25, 0.3) is 0 Å². The Labute approximate surface area is 213 Å². The topological polar surface area (TPSA) is 43.4 Å². The first-order chi connectivity index (χ1) is 12.7. The maximum absolute atomic E-state index is 12.3. The van der Waals surface area contributed by atoms with E-state index < -0.39 is 11.9 Å². The number of ether oxygens (including phenoxy) is 1. The summed E-state index contributed by atoms with van der Waals surface area (Å²) in [7, 11) is 0. The number of unbranched alkanes of at least 4 members (excludes halogenated alkanes) is 8. The SMILES string of the molecule is CCCCCCCCCCCC(=O)OC(=O)c1cccc2ccccc12.[NaH].[NaH]. The van der Waals surface area contributed by atoms with Gasteiger partial charge in [-0.2, -0.15) is 0 Å². The number of carbonyl (C=O) groups excluding carboxylic acids is 2. The fourth-order valence-corrected chi connectivity index (χ4v) is 3.19. The molecule has 0 amide bonds. The zero-order valence-corrected chi connectivity index (χ0v) is 15.8. The molecular weight excluding hydrogens is 370 g/mol. The van der Waals surface area contributed by atoms with Crippen molar-refractivity contribution in [2.45, 2.75) is 71.1 Å². The van der Waals surface area contributed by atoms with Crippen LogP contribution in [-0.4, -0.2) is 71.1 Å². The van der Waals surface area contributed by atoms with E-state index in [9.17, 15) is 9.59 Å². The Balaban J connectivity index is 0.00000364. The van der Waals surface area contributed by atoms with Crippen LogP contribution in [0.3, 0.4) is 0 Å². The number of carbonyl (C=O) groups is 2. The number of fused-ring (bicyclic) bond motifs is 1. The van der Waals surface area contributed by atoms with Crippen LogP contribution in [0.15, 0.2) is 42.5 Å². The summed E-state index contributed by atoms with van der Waals surface area (Å²) in [5.74, 6) is -0.978. The van der Waals surface area contributed by atoms with E-state index in [4.69, 9.17) is 4.74 Å². The first-order valence-electron chi connectivity index (χ1n) is 9.95. The Morgan fingerprint density at radius 3 is 2.00 bits per heavy atom. The fraction of sp³-hybridized carbons (Fsp3) is 0.478. The van der Waals surface area contributed by atoms with Gasteiger partial charge in [-0.15, -0.1) is 0 Å². The van der Waals surface area contributed by atoms with Crippen molar-refractivity contribution in [2.24, 2.45) is 0 Å². The molecule has 0 atom stereocenters. The van der Waals surface area contributed by atoms with Crippen molar-refractivity contribution in [1.29, 1.82) is 0 Å². The minimum absolute atomic E-state index is 0. The van der Waals surface area contributed by atoms with Crippen LogP contribution in [0.1, 0.15) is 81.5 Å². The Hall–Kier alpha value is -0.160. The summed E-state index contributed by atoms with van der Waals surface area (Å²) in [4.78, 5) is 24.2. The maximum atomic E-state index is 12.3. The van der Waals surface area contributed by atoms with Gasteiger partial charge >= 0.3 is 71.1 Å². The molecule has 0 aromatic heterocycles. The van der Waals surface area contributed by atoms with Gasteiger partial charge in [0, 0.05) is 6.42 Å². The number of benzene rings is 2. The fourth-order valence-electron chi connectivity index (χ4n) is 3.19. The van der Waals surface area contributed by atoms with Crippen molar-refractivity contribution in [3.8, 4) is 0 Å². The van der Waals surface area contributed by atoms with Gasteiger partial charge in [-0.05, 0) is 23.3 Å². The molecule has 0 aliphatic carbocycles. The van der Waals surface area contributed by atoms with Crippen LogP contribution in [0.5, 0.6) is 0 Å². The molecule has 0 N–H and O–H groups in total. The monoisotopic (exact) mass is 402 g/mol. The predicted octanol–water partition coefficient (Wildman–Crippen LogP) is 5.15. The molecule has 0 spiro atoms. The Morgan fingerprint density at radius 2 is 1.32 bits per heavy atom. The average molecular weight is 402 g/mol. The van der Waals surface area contributed by atoms with Crippen molar-refractivity contribution < 1.29 is 14.3 Å². The standard InChI is InChI=1S/C23H30O3.2Na.2H/c1-2-3-4-5-6-7-8-9-10-18-22(24)26-23(25)21-17-13-15-19-14-11-12-16-20(19)21;;;;/h11-17H,2-10,18H2,1H3;;;;. The minimum atomic E-state index is -0.553. The summed E-state index contributed by atoms with van der Waals surface area (Å²) in [5, 5.41) is 1.78. The molecule has 0 heterocycles. The third-order valence-corrected chi connectivity index (χ3v) is 4.70. The van der Waals surface area contributed by atoms with Gasteiger partial charge in [-0.25, -0.2) is 4.79 Å². The number of hydrogen-bond acceptors (Lipinski definition) is 3. The second kappa shape index (κ2) is 16.6. The second-order valence-corrected chi connectivity index (χ2v) is 6.87. The van der Waals surface area contributed by atoms with Gasteiger partial charge < -0.3 is 4.74 Å². The van der Waals surface area contributed by atoms with Crippen molar-refractivity contribution in [2.75, 3.05) is 0 Å². The van der Waals surface area contributed by atoms with Crippen LogP contribution in [0.2, 0.25) is 0 Å². The van der Waals surface area contributed by atoms with Gasteiger partial charge in [0.15, 0.2) is 0 Å². The number of rotatable bonds is 11. The van der Waals surface area contributed by atoms with Gasteiger partial charge in [0.1, 0.15) is 0 Å². The molecule has 0 saturated heterocycles. The molecule has 144 valence electrons. The number of hydrogen-bond donors (Lipinski definition) is 0. The molecule has 0 saturated carbocycles. The van der Waals surface area contributed by atoms with Crippen LogP contribution in [0.4, 0.5) is 0 Å². The third kappa shape index (κ3) is 10.0. The number of esters is 2. The van der Waals surface area contributed by atoms with Crippen LogP contribution in [0, 0.1) is 0 Å². The molecule has 0 aliphatic rings. The van der Waals surface area contributed by atoms with E-state index in [1.54, 1.807) is 6.07 Å². The Kier molecular flexibility index (Phi) is 16.5. The molecule has 5 heteroatoms. The summed E-state index contributed by atoms with van der Waals surface area (Å²) in [6, 6.07) is 13.1. The van der Waals surface area contributed by atoms with E-state index in [2.05, 4.69) is 6.92 Å². The Bertz CT molecular complexity index is 711. The van der Waals surface area contributed by atoms with Gasteiger partial charge in [0.2, 0.25) is 0 Å². The third-order valence-electron chi connectivity index (χ3n) is 4.70. The van der Waals surface area contributed by atoms with Crippen LogP contribution in [0.25, 0.3) is 10.8 Å². The molecule has 2 rings (SSSR count). The van der Waals surface area contributed by atoms with E-state index in [-0.39, 0.29) is 59.1 Å². The molecule has 28 heavy (non-hydrogen) atoms. The molecule has 0 aliphatic heterocycles. The molecule has 0 bridgehead atoms. The van der Waals surface area contributed by atoms with Crippen molar-refractivity contribution in [3.63, 3.8) is 0 Å². The zero-order valence-electron chi connectivity index (χ0n) is 15.8. The molecule has 0 radical (unpaired) electrons. The summed E-state index contributed by atoms with van der Waals surface area (Å²) in [6.07, 6.45) is 11.0. The molecule has 2 aromatic carbocycles. The normalized spacial score (nSPS) is 10.0. The molecule has 3 nitrogen and oxygen atoms in total. The van der Waals surface area contributed by atoms with Gasteiger partial charge in [0.05, 0.1) is 5.56 Å². The van der Waals surface area contributed by atoms with E-state index >= 15 is 0 Å². The van der Waals surface area contributed by atoms with Gasteiger partial charge in [-0.1, -0.05) is 94.7 Å². The summed E-state index contributed by atoms with van der Waals surface area (Å²) in [6.45, 7) is 2.23. The van der Waals surface area contributed by atoms with E-state index in [0.717, 1.165) is 30.0 Å². The predicted molar refractivity (Wildman–Crippen MR) is 121 cm³/mol. The zero-order chi connectivity index (χ0) is 18.6. The molecule has 0 unspecified atom stereocenters. The molecular formula is C23H32Na2O3. The first-order valence-corrected chi connectivity index (χ1v) is 9.95. The van der Waals surface area contributed by atoms with Gasteiger partial charge in [-0.3, -0.25) is 4.79 Å². The molecule has 2 aromatic rings. The van der Waals surface area contributed by atoms with Crippen LogP contribution >= 0.6 is 0 Å². The Morgan fingerprint density at radius 1 is 0.750 bits per heavy atom. The van der Waals surface area contributed by atoms with Crippen molar-refractivity contribution in [3.05, 3.63) is 48.0 Å². The van der Waals surface area contributed by atoms with Crippen LogP contribution in [-0.2, 0) is 9.53 Å². The molecule has 0 fully saturated rings. The summed E-state index contributed by atoms with van der Waals surface area (Å²) >= 11 is 0. The van der Waals surface area contributed by atoms with Crippen LogP contribution < -0.4 is 0 Å². The summed E-state index contributed by atoms with van der Waals surface area (Å²) < 4.78 is 5.04. The quantitative estimate of drug-likeness (QED) is 0.226. The first kappa shape index (κ1) is 27.8. The van der Waals surface area contributed by atoms with E-state index in [1.807, 2.05) is 36.4 Å².